The van der Waals surface area contributed by atoms with E-state index in [-0.39, 0.29) is 5.56 Å². The van der Waals surface area contributed by atoms with Crippen molar-refractivity contribution >= 4 is 61.6 Å². The van der Waals surface area contributed by atoms with Gasteiger partial charge in [-0.15, -0.1) is 0 Å². The maximum absolute atomic E-state index is 13.5. The number of hydrogen-bond acceptors (Lipinski definition) is 3. The van der Waals surface area contributed by atoms with Crippen molar-refractivity contribution < 1.29 is 0 Å². The van der Waals surface area contributed by atoms with Crippen LogP contribution in [0.1, 0.15) is 5.56 Å². The van der Waals surface area contributed by atoms with Crippen molar-refractivity contribution in [1.82, 2.24) is 9.38 Å². The average molecular weight is 427 g/mol. The van der Waals surface area contributed by atoms with Gasteiger partial charge in [0.05, 0.1) is 11.0 Å². The Morgan fingerprint density at radius 1 is 0.900 bits per heavy atom. The molecule has 4 aromatic carbocycles. The van der Waals surface area contributed by atoms with Crippen molar-refractivity contribution in [1.29, 1.82) is 0 Å². The normalized spacial score (nSPS) is 11.9. The second-order valence-electron chi connectivity index (χ2n) is 7.46. The molecule has 144 valence electrons. The highest BCUT2D eigenvalue weighted by Crippen LogP contribution is 2.38. The molecule has 6 aromatic rings. The number of halogens is 1. The van der Waals surface area contributed by atoms with Crippen LogP contribution < -0.4 is 5.56 Å². The first-order valence-electron chi connectivity index (χ1n) is 9.63. The van der Waals surface area contributed by atoms with Crippen LogP contribution in [-0.4, -0.2) is 9.38 Å². The molecule has 5 heteroatoms. The van der Waals surface area contributed by atoms with Gasteiger partial charge in [-0.3, -0.25) is 9.20 Å². The number of imidazole rings is 1. The zero-order valence-electron chi connectivity index (χ0n) is 16.0. The molecule has 2 heterocycles. The van der Waals surface area contributed by atoms with E-state index in [1.807, 2.05) is 61.5 Å². The Kier molecular flexibility index (Phi) is 3.82. The van der Waals surface area contributed by atoms with Crippen LogP contribution in [0, 0.1) is 6.92 Å². The molecule has 0 aliphatic rings. The summed E-state index contributed by atoms with van der Waals surface area (Å²) in [6.45, 7) is 2.03. The Bertz CT molecular complexity index is 1650. The molecular weight excluding hydrogens is 412 g/mol. The summed E-state index contributed by atoms with van der Waals surface area (Å²) in [7, 11) is 0. The molecule has 0 aliphatic heterocycles. The van der Waals surface area contributed by atoms with Gasteiger partial charge in [0.25, 0.3) is 5.56 Å². The molecule has 2 aromatic heterocycles. The Morgan fingerprint density at radius 2 is 1.70 bits per heavy atom. The van der Waals surface area contributed by atoms with Gasteiger partial charge in [-0.2, -0.15) is 0 Å². The minimum absolute atomic E-state index is 0.0233. The van der Waals surface area contributed by atoms with Crippen LogP contribution in [0.4, 0.5) is 0 Å². The second-order valence-corrected chi connectivity index (χ2v) is 9.02. The van der Waals surface area contributed by atoms with E-state index in [2.05, 4.69) is 18.2 Å². The summed E-state index contributed by atoms with van der Waals surface area (Å²) in [4.78, 5) is 20.5. The third kappa shape index (κ3) is 2.54. The second kappa shape index (κ2) is 6.46. The SMILES string of the molecule is Cc1ccc2nc3c4ccc(Sc5ccc(Cl)cc5)c5cccc(c(=O)n3c2c1)c54. The molecule has 0 unspecified atom stereocenters. The van der Waals surface area contributed by atoms with Gasteiger partial charge < -0.3 is 0 Å². The zero-order valence-corrected chi connectivity index (χ0v) is 17.6. The largest absolute Gasteiger partial charge is 0.268 e. The van der Waals surface area contributed by atoms with Crippen LogP contribution in [0.15, 0.2) is 87.4 Å². The Morgan fingerprint density at radius 3 is 2.53 bits per heavy atom. The first-order chi connectivity index (χ1) is 14.6. The van der Waals surface area contributed by atoms with Gasteiger partial charge in [0.2, 0.25) is 0 Å². The van der Waals surface area contributed by atoms with Crippen molar-refractivity contribution in [2.45, 2.75) is 16.7 Å². The van der Waals surface area contributed by atoms with Gasteiger partial charge in [-0.05, 0) is 72.5 Å². The van der Waals surface area contributed by atoms with Crippen LogP contribution in [0.25, 0.3) is 38.2 Å². The molecule has 30 heavy (non-hydrogen) atoms. The third-order valence-corrected chi connectivity index (χ3v) is 6.86. The minimum Gasteiger partial charge on any atom is -0.268 e. The summed E-state index contributed by atoms with van der Waals surface area (Å²) in [5.41, 5.74) is 3.50. The molecule has 6 rings (SSSR count). The highest BCUT2D eigenvalue weighted by molar-refractivity contribution is 7.99. The minimum atomic E-state index is -0.0233. The predicted molar refractivity (Wildman–Crippen MR) is 125 cm³/mol. The van der Waals surface area contributed by atoms with Crippen molar-refractivity contribution in [2.24, 2.45) is 0 Å². The van der Waals surface area contributed by atoms with Crippen LogP contribution in [-0.2, 0) is 0 Å². The predicted octanol–water partition coefficient (Wildman–Crippen LogP) is 6.70. The maximum Gasteiger partial charge on any atom is 0.264 e. The molecule has 0 fully saturated rings. The van der Waals surface area contributed by atoms with Crippen molar-refractivity contribution in [3.8, 4) is 0 Å². The lowest BCUT2D eigenvalue weighted by atomic mass is 10.0. The average Bonchev–Trinajstić information content (AvgIpc) is 3.13. The lowest BCUT2D eigenvalue weighted by Gasteiger charge is -2.11. The van der Waals surface area contributed by atoms with Gasteiger partial charge >= 0.3 is 0 Å². The fraction of sp³-hybridized carbons (Fsp3) is 0.0400. The standard InChI is InChI=1S/C25H15ClN2OS/c1-14-5-11-20-21(13-14)28-24(27-20)18-10-12-22(30-16-8-6-15(26)7-9-16)17-3-2-4-19(23(17)18)25(28)29/h2-13H,1H3. The summed E-state index contributed by atoms with van der Waals surface area (Å²) < 4.78 is 1.76. The maximum atomic E-state index is 13.5. The van der Waals surface area contributed by atoms with Crippen molar-refractivity contribution in [3.63, 3.8) is 0 Å². The zero-order chi connectivity index (χ0) is 20.4. The molecule has 0 spiro atoms. The van der Waals surface area contributed by atoms with Gasteiger partial charge in [-0.1, -0.05) is 41.6 Å². The van der Waals surface area contributed by atoms with Crippen molar-refractivity contribution in [2.75, 3.05) is 0 Å². The molecule has 0 amide bonds. The first-order valence-corrected chi connectivity index (χ1v) is 10.8. The fourth-order valence-corrected chi connectivity index (χ4v) is 5.22. The molecule has 3 nitrogen and oxygen atoms in total. The van der Waals surface area contributed by atoms with Crippen LogP contribution >= 0.6 is 23.4 Å². The van der Waals surface area contributed by atoms with E-state index in [1.54, 1.807) is 16.2 Å². The molecule has 0 saturated heterocycles. The number of benzene rings is 4. The number of rotatable bonds is 2. The Hall–Kier alpha value is -3.08. The quantitative estimate of drug-likeness (QED) is 0.309. The number of aromatic nitrogens is 2. The highest BCUT2D eigenvalue weighted by Gasteiger charge is 2.17. The van der Waals surface area contributed by atoms with E-state index in [1.165, 1.54) is 0 Å². The van der Waals surface area contributed by atoms with Crippen molar-refractivity contribution in [3.05, 3.63) is 93.7 Å². The van der Waals surface area contributed by atoms with Crippen LogP contribution in [0.2, 0.25) is 5.02 Å². The summed E-state index contributed by atoms with van der Waals surface area (Å²) in [6.07, 6.45) is 0. The Labute approximate surface area is 181 Å². The molecule has 0 N–H and O–H groups in total. The molecule has 0 saturated carbocycles. The van der Waals surface area contributed by atoms with E-state index in [0.717, 1.165) is 53.0 Å². The van der Waals surface area contributed by atoms with E-state index < -0.39 is 0 Å². The van der Waals surface area contributed by atoms with E-state index in [4.69, 9.17) is 16.6 Å². The fourth-order valence-electron chi connectivity index (χ4n) is 4.16. The first kappa shape index (κ1) is 17.8. The molecule has 0 bridgehead atoms. The van der Waals surface area contributed by atoms with E-state index >= 15 is 0 Å². The molecular formula is C25H15ClN2OS. The lowest BCUT2D eigenvalue weighted by molar-refractivity contribution is 1.18. The van der Waals surface area contributed by atoms with Gasteiger partial charge in [0.1, 0.15) is 5.65 Å². The smallest absolute Gasteiger partial charge is 0.264 e. The Balaban J connectivity index is 1.70. The van der Waals surface area contributed by atoms with Gasteiger partial charge in [0.15, 0.2) is 0 Å². The lowest BCUT2D eigenvalue weighted by Crippen LogP contribution is -2.13. The number of pyridine rings is 1. The van der Waals surface area contributed by atoms with Crippen LogP contribution in [0.5, 0.6) is 0 Å². The summed E-state index contributed by atoms with van der Waals surface area (Å²) in [5.74, 6) is 0. The van der Waals surface area contributed by atoms with E-state index in [9.17, 15) is 4.79 Å². The number of nitrogens with zero attached hydrogens (tertiary/aromatic N) is 2. The summed E-state index contributed by atoms with van der Waals surface area (Å²) >= 11 is 7.70. The summed E-state index contributed by atoms with van der Waals surface area (Å²) in [5, 5.41) is 4.47. The van der Waals surface area contributed by atoms with E-state index in [0.29, 0.717) is 5.65 Å². The third-order valence-electron chi connectivity index (χ3n) is 5.53. The molecule has 0 atom stereocenters. The highest BCUT2D eigenvalue weighted by atomic mass is 35.5. The monoisotopic (exact) mass is 426 g/mol. The molecule has 0 aliphatic carbocycles. The topological polar surface area (TPSA) is 34.4 Å². The number of fused-ring (bicyclic) bond motifs is 4. The van der Waals surface area contributed by atoms with Gasteiger partial charge in [-0.25, -0.2) is 4.98 Å². The van der Waals surface area contributed by atoms with Crippen LogP contribution in [0.3, 0.4) is 0 Å². The van der Waals surface area contributed by atoms with Gasteiger partial charge in [0, 0.05) is 31.0 Å². The number of aryl methyl sites for hydroxylation is 1. The summed E-state index contributed by atoms with van der Waals surface area (Å²) in [6, 6.07) is 24.0. The number of hydrogen-bond donors (Lipinski definition) is 0. The molecule has 0 radical (unpaired) electrons.